The number of hydrogen-bond acceptors (Lipinski definition) is 1. The van der Waals surface area contributed by atoms with Crippen LogP contribution in [0.25, 0.3) is 60.5 Å². The van der Waals surface area contributed by atoms with Gasteiger partial charge in [0.25, 0.3) is 0 Å². The normalized spacial score (nSPS) is 24.6. The lowest BCUT2D eigenvalue weighted by molar-refractivity contribution is 0.00351. The van der Waals surface area contributed by atoms with Crippen molar-refractivity contribution >= 4 is 49.6 Å². The summed E-state index contributed by atoms with van der Waals surface area (Å²) in [4.78, 5) is 2.54. The quantitative estimate of drug-likeness (QED) is 0.163. The van der Waals surface area contributed by atoms with Crippen molar-refractivity contribution in [1.29, 1.82) is 0 Å². The van der Waals surface area contributed by atoms with Gasteiger partial charge in [-0.3, -0.25) is 0 Å². The molecule has 4 fully saturated rings. The minimum atomic E-state index is -0.0757. The van der Waals surface area contributed by atoms with E-state index in [-0.39, 0.29) is 5.41 Å². The summed E-state index contributed by atoms with van der Waals surface area (Å²) in [5, 5.41) is 5.18. The van der Waals surface area contributed by atoms with E-state index in [0.717, 1.165) is 29.6 Å². The van der Waals surface area contributed by atoms with E-state index in [1.807, 2.05) is 0 Å². The number of nitrogens with zero attached hydrogens (tertiary/aromatic N) is 2. The number of anilines is 3. The Bertz CT molecular complexity index is 3300. The number of hydrogen-bond donors (Lipinski definition) is 0. The van der Waals surface area contributed by atoms with Crippen LogP contribution in [0, 0.1) is 29.6 Å². The molecule has 1 heterocycles. The van der Waals surface area contributed by atoms with Crippen LogP contribution in [0.3, 0.4) is 0 Å². The van der Waals surface area contributed by atoms with Crippen molar-refractivity contribution in [3.05, 3.63) is 193 Å². The summed E-state index contributed by atoms with van der Waals surface area (Å²) in [7, 11) is 0. The van der Waals surface area contributed by atoms with Gasteiger partial charge in [-0.1, -0.05) is 129 Å². The SMILES string of the molecule is CC1(C)c2ccccc2-c2ccc(N(c3ccc(-c4cccc(-n5c6ccccc6c6c7ccccc7ccc65)c4)cc3)c3cccc(C45CC6C7C(C[C@H]6C4)C[C@H]7C5)c3)cc21. The van der Waals surface area contributed by atoms with Gasteiger partial charge in [0.1, 0.15) is 0 Å². The number of fused-ring (bicyclic) bond motifs is 9. The van der Waals surface area contributed by atoms with Gasteiger partial charge in [-0.05, 0) is 177 Å². The molecule has 2 heteroatoms. The molecule has 5 aliphatic rings. The maximum atomic E-state index is 2.59. The van der Waals surface area contributed by atoms with E-state index >= 15 is 0 Å². The maximum Gasteiger partial charge on any atom is 0.0547 e. The van der Waals surface area contributed by atoms with Crippen LogP contribution in [0.2, 0.25) is 0 Å². The molecule has 0 N–H and O–H groups in total. The first-order chi connectivity index (χ1) is 30.4. The van der Waals surface area contributed by atoms with Crippen molar-refractivity contribution in [3.8, 4) is 27.9 Å². The summed E-state index contributed by atoms with van der Waals surface area (Å²) >= 11 is 0. The average Bonchev–Trinajstić information content (AvgIpc) is 3.98. The number of aromatic nitrogens is 1. The molecule has 9 aromatic rings. The number of para-hydroxylation sites is 1. The highest BCUT2D eigenvalue weighted by Crippen LogP contribution is 2.72. The molecule has 0 radical (unpaired) electrons. The standard InChI is InChI=1S/C60H50N2/c1-59(2)53-19-7-5-17-49(53)50-27-26-47(33-54(50)59)61(46-15-10-13-43(32-46)60-34-41-29-40-30-42(35-60)57(40)52(41)36-60)44-24-21-37(22-25-44)39-12-9-14-45(31-39)62-55-20-8-6-18-51(55)58-48-16-4-3-11-38(48)23-28-56(58)62/h3-28,31-33,40-42,52,57H,29-30,34-36H2,1-2H3/t40?,41-,42-,52?,57?,60?/m0/s1. The second-order valence-electron chi connectivity index (χ2n) is 20.3. The van der Waals surface area contributed by atoms with Crippen LogP contribution < -0.4 is 4.90 Å². The highest BCUT2D eigenvalue weighted by Gasteiger charge is 2.65. The summed E-state index contributed by atoms with van der Waals surface area (Å²) in [6.45, 7) is 4.79. The highest BCUT2D eigenvalue weighted by molar-refractivity contribution is 6.21. The first-order valence-corrected chi connectivity index (χ1v) is 23.2. The van der Waals surface area contributed by atoms with Gasteiger partial charge in [0, 0.05) is 38.9 Å². The Morgan fingerprint density at radius 3 is 2.16 bits per heavy atom. The van der Waals surface area contributed by atoms with Crippen LogP contribution in [0.1, 0.15) is 62.6 Å². The molecular formula is C60H50N2. The third-order valence-electron chi connectivity index (χ3n) is 17.0. The molecule has 4 saturated carbocycles. The molecule has 0 aliphatic heterocycles. The zero-order valence-electron chi connectivity index (χ0n) is 35.6. The van der Waals surface area contributed by atoms with Crippen molar-refractivity contribution < 1.29 is 0 Å². The Kier molecular flexibility index (Phi) is 7.16. The molecule has 62 heavy (non-hydrogen) atoms. The minimum absolute atomic E-state index is 0.0757. The molecule has 5 aliphatic carbocycles. The maximum absolute atomic E-state index is 2.59. The number of rotatable bonds is 6. The Labute approximate surface area is 364 Å². The van der Waals surface area contributed by atoms with Crippen molar-refractivity contribution in [2.75, 3.05) is 4.90 Å². The van der Waals surface area contributed by atoms with Crippen LogP contribution >= 0.6 is 0 Å². The van der Waals surface area contributed by atoms with E-state index in [1.54, 1.807) is 5.56 Å². The summed E-state index contributed by atoms with van der Waals surface area (Å²) in [5.41, 5.74) is 17.2. The largest absolute Gasteiger partial charge is 0.310 e. The molecule has 4 unspecified atom stereocenters. The molecule has 8 aromatic carbocycles. The first-order valence-electron chi connectivity index (χ1n) is 23.2. The molecule has 0 spiro atoms. The molecule has 300 valence electrons. The number of benzene rings is 8. The van der Waals surface area contributed by atoms with E-state index in [1.165, 1.54) is 121 Å². The lowest BCUT2D eigenvalue weighted by atomic mass is 9.52. The Morgan fingerprint density at radius 2 is 1.24 bits per heavy atom. The van der Waals surface area contributed by atoms with Crippen LogP contribution in [-0.4, -0.2) is 4.57 Å². The third-order valence-corrected chi connectivity index (χ3v) is 17.0. The smallest absolute Gasteiger partial charge is 0.0547 e. The molecule has 0 saturated heterocycles. The zero-order chi connectivity index (χ0) is 40.9. The predicted molar refractivity (Wildman–Crippen MR) is 258 cm³/mol. The second kappa shape index (κ2) is 12.6. The predicted octanol–water partition coefficient (Wildman–Crippen LogP) is 15.7. The van der Waals surface area contributed by atoms with Gasteiger partial charge in [0.15, 0.2) is 0 Å². The van der Waals surface area contributed by atoms with E-state index in [4.69, 9.17) is 0 Å². The van der Waals surface area contributed by atoms with Crippen molar-refractivity contribution in [1.82, 2.24) is 4.57 Å². The van der Waals surface area contributed by atoms with Gasteiger partial charge in [-0.15, -0.1) is 0 Å². The van der Waals surface area contributed by atoms with Gasteiger partial charge in [-0.25, -0.2) is 0 Å². The third kappa shape index (κ3) is 4.81. The minimum Gasteiger partial charge on any atom is -0.310 e. The molecule has 1 aromatic heterocycles. The van der Waals surface area contributed by atoms with Gasteiger partial charge in [0.05, 0.1) is 11.0 Å². The average molecular weight is 799 g/mol. The highest BCUT2D eigenvalue weighted by atomic mass is 15.1. The fourth-order valence-corrected chi connectivity index (χ4v) is 14.4. The summed E-state index contributed by atoms with van der Waals surface area (Å²) in [5.74, 6) is 4.95. The second-order valence-corrected chi connectivity index (χ2v) is 20.3. The van der Waals surface area contributed by atoms with Gasteiger partial charge in [-0.2, -0.15) is 0 Å². The van der Waals surface area contributed by atoms with E-state index < -0.39 is 0 Å². The molecule has 0 amide bonds. The van der Waals surface area contributed by atoms with Crippen molar-refractivity contribution in [2.24, 2.45) is 29.6 Å². The van der Waals surface area contributed by atoms with Crippen LogP contribution in [0.15, 0.2) is 176 Å². The van der Waals surface area contributed by atoms with Gasteiger partial charge in [0.2, 0.25) is 0 Å². The molecular weight excluding hydrogens is 749 g/mol. The fourth-order valence-electron chi connectivity index (χ4n) is 14.4. The fraction of sp³-hybridized carbons (Fsp3) is 0.233. The van der Waals surface area contributed by atoms with Gasteiger partial charge >= 0.3 is 0 Å². The lowest BCUT2D eigenvalue weighted by Gasteiger charge is -2.52. The van der Waals surface area contributed by atoms with E-state index in [0.29, 0.717) is 5.41 Å². The monoisotopic (exact) mass is 798 g/mol. The Balaban J connectivity index is 0.876. The van der Waals surface area contributed by atoms with Gasteiger partial charge < -0.3 is 9.47 Å². The van der Waals surface area contributed by atoms with Crippen LogP contribution in [0.4, 0.5) is 17.1 Å². The van der Waals surface area contributed by atoms with E-state index in [2.05, 4.69) is 199 Å². The van der Waals surface area contributed by atoms with Crippen molar-refractivity contribution in [2.45, 2.75) is 56.8 Å². The summed E-state index contributed by atoms with van der Waals surface area (Å²) in [6.07, 6.45) is 7.19. The summed E-state index contributed by atoms with van der Waals surface area (Å²) < 4.78 is 2.45. The zero-order valence-corrected chi connectivity index (χ0v) is 35.6. The lowest BCUT2D eigenvalue weighted by Crippen LogP contribution is -2.45. The van der Waals surface area contributed by atoms with Crippen LogP contribution in [-0.2, 0) is 10.8 Å². The molecule has 6 atom stereocenters. The van der Waals surface area contributed by atoms with Crippen molar-refractivity contribution in [3.63, 3.8) is 0 Å². The Morgan fingerprint density at radius 1 is 0.500 bits per heavy atom. The first kappa shape index (κ1) is 35.2. The topological polar surface area (TPSA) is 8.17 Å². The molecule has 14 rings (SSSR count). The molecule has 2 bridgehead atoms. The Hall–Kier alpha value is -6.38. The van der Waals surface area contributed by atoms with E-state index in [9.17, 15) is 0 Å². The van der Waals surface area contributed by atoms with Crippen LogP contribution in [0.5, 0.6) is 0 Å². The summed E-state index contributed by atoms with van der Waals surface area (Å²) in [6, 6.07) is 66.7. The molecule has 2 nitrogen and oxygen atoms in total.